The number of benzene rings is 4. The van der Waals surface area contributed by atoms with Crippen LogP contribution in [0.5, 0.6) is 11.5 Å². The molecule has 68 heavy (non-hydrogen) atoms. The summed E-state index contributed by atoms with van der Waals surface area (Å²) in [5, 5.41) is 26.0. The van der Waals surface area contributed by atoms with Crippen molar-refractivity contribution in [1.29, 1.82) is 5.26 Å². The number of carbonyl (C=O) groups excluding carboxylic acids is 1. The summed E-state index contributed by atoms with van der Waals surface area (Å²) in [4.78, 5) is 81.7. The number of nitrogens with one attached hydrogen (secondary N) is 3. The van der Waals surface area contributed by atoms with Gasteiger partial charge in [0.05, 0.1) is 31.7 Å². The fraction of sp³-hybridized carbons (Fsp3) is 0.267. The number of rotatable bonds is 18. The third kappa shape index (κ3) is 14.3. The van der Waals surface area contributed by atoms with Crippen LogP contribution in [0, 0.1) is 23.1 Å². The molecule has 23 heteroatoms. The Balaban J connectivity index is 0.000000255. The number of nitrogens with zero attached hydrogens (tertiary/aromatic N) is 7. The lowest BCUT2D eigenvalue weighted by molar-refractivity contribution is -0.137. The Morgan fingerprint density at radius 3 is 1.41 bits per heavy atom. The van der Waals surface area contributed by atoms with Crippen LogP contribution < -0.4 is 48.2 Å². The smallest absolute Gasteiger partial charge is 0.354 e. The van der Waals surface area contributed by atoms with Gasteiger partial charge in [0.1, 0.15) is 0 Å². The molecule has 4 aromatic carbocycles. The van der Waals surface area contributed by atoms with Gasteiger partial charge in [-0.25, -0.2) is 37.1 Å². The summed E-state index contributed by atoms with van der Waals surface area (Å²) in [5.41, 5.74) is -1.49. The van der Waals surface area contributed by atoms with E-state index in [-0.39, 0.29) is 79.6 Å². The molecule has 356 valence electrons. The molecular formula is C45H44Cl2F2N10O9. The Hall–Kier alpha value is -7.83. The van der Waals surface area contributed by atoms with Gasteiger partial charge in [-0.3, -0.25) is 24.0 Å². The molecule has 0 saturated heterocycles. The van der Waals surface area contributed by atoms with Crippen LogP contribution in [0.4, 0.5) is 32.1 Å². The third-order valence-electron chi connectivity index (χ3n) is 9.22. The average molecular weight is 978 g/mol. The Kier molecular flexibility index (Phi) is 17.7. The molecule has 0 unspecified atom stereocenters. The molecule has 0 aliphatic carbocycles. The predicted octanol–water partition coefficient (Wildman–Crippen LogP) is 6.02. The van der Waals surface area contributed by atoms with Crippen molar-refractivity contribution >= 4 is 58.3 Å². The van der Waals surface area contributed by atoms with Crippen LogP contribution in [0.2, 0.25) is 10.0 Å². The predicted molar refractivity (Wildman–Crippen MR) is 248 cm³/mol. The van der Waals surface area contributed by atoms with Gasteiger partial charge in [-0.2, -0.15) is 15.2 Å². The van der Waals surface area contributed by atoms with E-state index >= 15 is 0 Å². The van der Waals surface area contributed by atoms with E-state index in [4.69, 9.17) is 43.0 Å². The molecule has 0 radical (unpaired) electrons. The van der Waals surface area contributed by atoms with E-state index in [1.807, 2.05) is 5.32 Å². The molecule has 0 atom stereocenters. The molecule has 0 saturated carbocycles. The second-order valence-electron chi connectivity index (χ2n) is 15.2. The highest BCUT2D eigenvalue weighted by atomic mass is 35.5. The Labute approximate surface area is 395 Å². The first-order valence-electron chi connectivity index (χ1n) is 20.6. The van der Waals surface area contributed by atoms with Crippen molar-refractivity contribution in [1.82, 2.24) is 33.6 Å². The van der Waals surface area contributed by atoms with Crippen LogP contribution >= 0.6 is 23.2 Å². The Morgan fingerprint density at radius 2 is 1.06 bits per heavy atom. The van der Waals surface area contributed by atoms with Crippen molar-refractivity contribution in [2.45, 2.75) is 78.9 Å². The zero-order chi connectivity index (χ0) is 49.7. The van der Waals surface area contributed by atoms with Gasteiger partial charge in [-0.05, 0) is 87.4 Å². The molecule has 6 aromatic rings. The molecule has 0 spiro atoms. The molecule has 4 N–H and O–H groups in total. The van der Waals surface area contributed by atoms with Crippen LogP contribution in [0.25, 0.3) is 0 Å². The number of anilines is 4. The van der Waals surface area contributed by atoms with E-state index in [2.05, 4.69) is 20.6 Å². The topological polar surface area (TPSA) is 246 Å². The SMILES string of the molecule is CC(C)Oc1ccc(Nc2nc(=O)n(CCC(=O)NC#N)c(=O)n2Cc2ccc(Cl)cc2)cc1F.CC(C)Oc1ccc(Nc2nc(=O)n(CCC(=O)O)c(=O)n2Cc2ccc(Cl)cc2)cc1F. The highest BCUT2D eigenvalue weighted by molar-refractivity contribution is 6.30. The summed E-state index contributed by atoms with van der Waals surface area (Å²) >= 11 is 11.9. The second kappa shape index (κ2) is 23.6. The van der Waals surface area contributed by atoms with Crippen molar-refractivity contribution in [3.05, 3.63) is 160 Å². The number of nitriles is 1. The van der Waals surface area contributed by atoms with E-state index in [0.717, 1.165) is 21.3 Å². The summed E-state index contributed by atoms with van der Waals surface area (Å²) in [7, 11) is 0. The number of carboxylic acid groups (broad SMARTS) is 1. The highest BCUT2D eigenvalue weighted by Crippen LogP contribution is 2.26. The van der Waals surface area contributed by atoms with Crippen LogP contribution in [0.15, 0.2) is 104 Å². The van der Waals surface area contributed by atoms with Gasteiger partial charge in [-0.15, -0.1) is 0 Å². The largest absolute Gasteiger partial charge is 0.488 e. The van der Waals surface area contributed by atoms with Crippen LogP contribution in [0.3, 0.4) is 0 Å². The number of halogens is 4. The molecular weight excluding hydrogens is 933 g/mol. The lowest BCUT2D eigenvalue weighted by Gasteiger charge is -2.16. The fourth-order valence-electron chi connectivity index (χ4n) is 6.12. The number of amides is 1. The van der Waals surface area contributed by atoms with Gasteiger partial charge in [0.25, 0.3) is 0 Å². The summed E-state index contributed by atoms with van der Waals surface area (Å²) in [6.07, 6.45) is 0.346. The van der Waals surface area contributed by atoms with Gasteiger partial charge in [0.15, 0.2) is 29.3 Å². The number of carbonyl (C=O) groups is 2. The fourth-order valence-corrected chi connectivity index (χ4v) is 6.37. The standard InChI is InChI=1S/C23H22ClFN6O4.C22H22ClFN4O5/c1-14(2)35-19-8-7-17(11-18(19)25)28-21-29-22(33)30(10-9-20(32)27-13-26)23(34)31(21)12-15-3-5-16(24)6-4-15;1-13(2)33-18-8-7-16(11-17(18)24)25-20-26-21(31)27(10-9-19(29)30)22(32)28(20)12-14-3-5-15(23)6-4-14/h3-8,11,14H,9-10,12H2,1-2H3,(H,27,32)(H,28,29,33);3-8,11,13H,9-10,12H2,1-2H3,(H,29,30)(H,25,26,31). The zero-order valence-electron chi connectivity index (χ0n) is 36.8. The average Bonchev–Trinajstić information content (AvgIpc) is 3.26. The molecule has 0 aliphatic heterocycles. The molecule has 19 nitrogen and oxygen atoms in total. The summed E-state index contributed by atoms with van der Waals surface area (Å²) in [6, 6.07) is 21.6. The normalized spacial score (nSPS) is 10.8. The maximum absolute atomic E-state index is 14.5. The third-order valence-corrected chi connectivity index (χ3v) is 9.72. The number of aliphatic carboxylic acids is 1. The van der Waals surface area contributed by atoms with E-state index < -0.39 is 52.7 Å². The van der Waals surface area contributed by atoms with Crippen molar-refractivity contribution in [3.63, 3.8) is 0 Å². The Bertz CT molecular complexity index is 3060. The highest BCUT2D eigenvalue weighted by Gasteiger charge is 2.18. The molecule has 2 aromatic heterocycles. The quantitative estimate of drug-likeness (QED) is 0.0569. The van der Waals surface area contributed by atoms with Gasteiger partial charge >= 0.3 is 28.7 Å². The van der Waals surface area contributed by atoms with Crippen LogP contribution in [-0.4, -0.2) is 57.4 Å². The van der Waals surface area contributed by atoms with Gasteiger partial charge < -0.3 is 25.2 Å². The molecule has 6 rings (SSSR count). The van der Waals surface area contributed by atoms with Crippen molar-refractivity contribution in [2.75, 3.05) is 10.6 Å². The molecule has 0 aliphatic rings. The van der Waals surface area contributed by atoms with E-state index in [9.17, 15) is 37.5 Å². The minimum atomic E-state index is -1.16. The zero-order valence-corrected chi connectivity index (χ0v) is 38.3. The molecule has 1 amide bonds. The lowest BCUT2D eigenvalue weighted by Crippen LogP contribution is -2.43. The number of hydrogen-bond acceptors (Lipinski definition) is 13. The first-order chi connectivity index (χ1) is 32.3. The molecule has 0 fully saturated rings. The number of aromatic nitrogens is 6. The van der Waals surface area contributed by atoms with Gasteiger partial charge in [0.2, 0.25) is 17.8 Å². The minimum Gasteiger partial charge on any atom is -0.488 e. The van der Waals surface area contributed by atoms with E-state index in [0.29, 0.717) is 21.2 Å². The first kappa shape index (κ1) is 51.2. The van der Waals surface area contributed by atoms with E-state index in [1.54, 1.807) is 76.2 Å². The maximum Gasteiger partial charge on any atom is 0.354 e. The van der Waals surface area contributed by atoms with Crippen molar-refractivity contribution in [2.24, 2.45) is 0 Å². The molecule has 2 heterocycles. The number of hydrogen-bond donors (Lipinski definition) is 4. The van der Waals surface area contributed by atoms with Crippen molar-refractivity contribution < 1.29 is 33.0 Å². The van der Waals surface area contributed by atoms with Gasteiger partial charge in [0, 0.05) is 53.1 Å². The Morgan fingerprint density at radius 1 is 0.662 bits per heavy atom. The monoisotopic (exact) mass is 976 g/mol. The summed E-state index contributed by atoms with van der Waals surface area (Å²) in [5.74, 6) is -3.19. The van der Waals surface area contributed by atoms with Crippen molar-refractivity contribution in [3.8, 4) is 17.7 Å². The summed E-state index contributed by atoms with van der Waals surface area (Å²) in [6.45, 7) is 6.47. The summed E-state index contributed by atoms with van der Waals surface area (Å²) < 4.78 is 43.5. The van der Waals surface area contributed by atoms with Gasteiger partial charge in [-0.1, -0.05) is 47.5 Å². The lowest BCUT2D eigenvalue weighted by atomic mass is 10.2. The number of carboxylic acids is 1. The van der Waals surface area contributed by atoms with Crippen LogP contribution in [0.1, 0.15) is 51.7 Å². The maximum atomic E-state index is 14.5. The first-order valence-corrected chi connectivity index (χ1v) is 21.4. The second-order valence-corrected chi connectivity index (χ2v) is 16.0. The number of ether oxygens (including phenoxy) is 2. The molecule has 0 bridgehead atoms. The minimum absolute atomic E-state index is 0.00698. The van der Waals surface area contributed by atoms with E-state index in [1.165, 1.54) is 39.6 Å². The van der Waals surface area contributed by atoms with Crippen LogP contribution in [-0.2, 0) is 35.8 Å².